The molecule has 18 heavy (non-hydrogen) atoms. The zero-order valence-corrected chi connectivity index (χ0v) is 11.9. The molecule has 0 heterocycles. The summed E-state index contributed by atoms with van der Waals surface area (Å²) in [6, 6.07) is 0.487. The molecular formula is C13H27N3O2. The van der Waals surface area contributed by atoms with Gasteiger partial charge in [-0.3, -0.25) is 4.79 Å². The smallest absolute Gasteiger partial charge is 0.237 e. The third-order valence-electron chi connectivity index (χ3n) is 3.53. The van der Waals surface area contributed by atoms with E-state index >= 15 is 0 Å². The van der Waals surface area contributed by atoms with Crippen LogP contribution in [-0.2, 0) is 9.53 Å². The lowest BCUT2D eigenvalue weighted by Gasteiger charge is -2.29. The van der Waals surface area contributed by atoms with Gasteiger partial charge < -0.3 is 20.7 Å². The van der Waals surface area contributed by atoms with Gasteiger partial charge in [0, 0.05) is 32.8 Å². The van der Waals surface area contributed by atoms with E-state index in [1.807, 2.05) is 6.92 Å². The van der Waals surface area contributed by atoms with Crippen LogP contribution in [-0.4, -0.2) is 56.2 Å². The van der Waals surface area contributed by atoms with E-state index in [1.165, 1.54) is 0 Å². The van der Waals surface area contributed by atoms with E-state index < -0.39 is 5.54 Å². The minimum atomic E-state index is -0.573. The third kappa shape index (κ3) is 5.33. The SMILES string of the molecule is COCCCN(C)CCC(C)(NC1CC1)C(N)=O. The molecule has 1 amide bonds. The minimum absolute atomic E-state index is 0.250. The van der Waals surface area contributed by atoms with Crippen molar-refractivity contribution in [1.82, 2.24) is 10.2 Å². The summed E-state index contributed by atoms with van der Waals surface area (Å²) < 4.78 is 5.02. The number of hydrogen-bond donors (Lipinski definition) is 2. The van der Waals surface area contributed by atoms with Gasteiger partial charge >= 0.3 is 0 Å². The van der Waals surface area contributed by atoms with Gasteiger partial charge in [-0.2, -0.15) is 0 Å². The topological polar surface area (TPSA) is 67.6 Å². The normalized spacial score (nSPS) is 18.9. The number of ether oxygens (including phenoxy) is 1. The minimum Gasteiger partial charge on any atom is -0.385 e. The monoisotopic (exact) mass is 257 g/mol. The molecule has 5 nitrogen and oxygen atoms in total. The van der Waals surface area contributed by atoms with Crippen molar-refractivity contribution in [2.24, 2.45) is 5.73 Å². The van der Waals surface area contributed by atoms with E-state index in [-0.39, 0.29) is 5.91 Å². The maximum Gasteiger partial charge on any atom is 0.237 e. The molecule has 1 saturated carbocycles. The van der Waals surface area contributed by atoms with Crippen LogP contribution in [0.1, 0.15) is 32.6 Å². The first-order chi connectivity index (χ1) is 8.48. The molecule has 1 unspecified atom stereocenters. The summed E-state index contributed by atoms with van der Waals surface area (Å²) in [5.74, 6) is -0.250. The van der Waals surface area contributed by atoms with E-state index in [0.29, 0.717) is 6.04 Å². The molecule has 0 aromatic heterocycles. The summed E-state index contributed by atoms with van der Waals surface area (Å²) in [6.45, 7) is 4.53. The van der Waals surface area contributed by atoms with E-state index in [1.54, 1.807) is 7.11 Å². The van der Waals surface area contributed by atoms with Crippen LogP contribution in [0, 0.1) is 0 Å². The van der Waals surface area contributed by atoms with E-state index in [0.717, 1.165) is 45.4 Å². The zero-order valence-electron chi connectivity index (χ0n) is 11.9. The predicted molar refractivity (Wildman–Crippen MR) is 72.4 cm³/mol. The number of nitrogens with one attached hydrogen (secondary N) is 1. The Morgan fingerprint density at radius 2 is 2.17 bits per heavy atom. The molecule has 0 aliphatic heterocycles. The summed E-state index contributed by atoms with van der Waals surface area (Å²) >= 11 is 0. The molecule has 0 aromatic rings. The molecule has 1 aliphatic carbocycles. The molecule has 106 valence electrons. The maximum atomic E-state index is 11.6. The highest BCUT2D eigenvalue weighted by Crippen LogP contribution is 2.24. The molecule has 5 heteroatoms. The summed E-state index contributed by atoms with van der Waals surface area (Å²) in [5, 5.41) is 3.36. The number of nitrogens with two attached hydrogens (primary N) is 1. The standard InChI is InChI=1S/C13H27N3O2/c1-13(12(14)17,15-11-5-6-11)7-9-16(2)8-4-10-18-3/h11,15H,4-10H2,1-3H3,(H2,14,17). The number of methoxy groups -OCH3 is 1. The molecule has 1 atom stereocenters. The highest BCUT2D eigenvalue weighted by molar-refractivity contribution is 5.84. The van der Waals surface area contributed by atoms with Crippen molar-refractivity contribution in [1.29, 1.82) is 0 Å². The average molecular weight is 257 g/mol. The fourth-order valence-corrected chi connectivity index (χ4v) is 1.95. The van der Waals surface area contributed by atoms with Crippen LogP contribution in [0.15, 0.2) is 0 Å². The summed E-state index contributed by atoms with van der Waals surface area (Å²) in [6.07, 6.45) is 4.08. The molecular weight excluding hydrogens is 230 g/mol. The van der Waals surface area contributed by atoms with Gasteiger partial charge in [-0.05, 0) is 39.7 Å². The Hall–Kier alpha value is -0.650. The lowest BCUT2D eigenvalue weighted by atomic mass is 9.96. The van der Waals surface area contributed by atoms with Crippen molar-refractivity contribution >= 4 is 5.91 Å². The van der Waals surface area contributed by atoms with Crippen molar-refractivity contribution in [3.8, 4) is 0 Å². The highest BCUT2D eigenvalue weighted by atomic mass is 16.5. The molecule has 0 radical (unpaired) electrons. The zero-order chi connectivity index (χ0) is 13.6. The molecule has 1 fully saturated rings. The number of carbonyl (C=O) groups excluding carboxylic acids is 1. The van der Waals surface area contributed by atoms with Gasteiger partial charge in [-0.15, -0.1) is 0 Å². The summed E-state index contributed by atoms with van der Waals surface area (Å²) in [4.78, 5) is 13.8. The van der Waals surface area contributed by atoms with Gasteiger partial charge in [0.2, 0.25) is 5.91 Å². The Morgan fingerprint density at radius 3 is 2.67 bits per heavy atom. The highest BCUT2D eigenvalue weighted by Gasteiger charge is 2.36. The van der Waals surface area contributed by atoms with Crippen LogP contribution in [0.5, 0.6) is 0 Å². The van der Waals surface area contributed by atoms with Gasteiger partial charge in [0.1, 0.15) is 0 Å². The van der Waals surface area contributed by atoms with Crippen molar-refractivity contribution in [3.05, 3.63) is 0 Å². The second-order valence-electron chi connectivity index (χ2n) is 5.51. The van der Waals surface area contributed by atoms with Crippen LogP contribution < -0.4 is 11.1 Å². The van der Waals surface area contributed by atoms with Gasteiger partial charge in [-0.1, -0.05) is 0 Å². The lowest BCUT2D eigenvalue weighted by Crippen LogP contribution is -2.55. The Kier molecular flexibility index (Phi) is 6.05. The van der Waals surface area contributed by atoms with Gasteiger partial charge in [0.05, 0.1) is 5.54 Å². The Labute approximate surface area is 110 Å². The molecule has 1 aliphatic rings. The van der Waals surface area contributed by atoms with Gasteiger partial charge in [0.15, 0.2) is 0 Å². The summed E-state index contributed by atoms with van der Waals surface area (Å²) in [7, 11) is 3.78. The second kappa shape index (κ2) is 7.07. The predicted octanol–water partition coefficient (Wildman–Crippen LogP) is 0.341. The van der Waals surface area contributed by atoms with Crippen molar-refractivity contribution in [2.75, 3.05) is 33.9 Å². The first kappa shape index (κ1) is 15.4. The maximum absolute atomic E-state index is 11.6. The quantitative estimate of drug-likeness (QED) is 0.554. The molecule has 0 spiro atoms. The van der Waals surface area contributed by atoms with E-state index in [2.05, 4.69) is 17.3 Å². The van der Waals surface area contributed by atoms with E-state index in [4.69, 9.17) is 10.5 Å². The molecule has 0 saturated heterocycles. The van der Waals surface area contributed by atoms with Crippen molar-refractivity contribution in [3.63, 3.8) is 0 Å². The molecule has 0 bridgehead atoms. The Bertz CT molecular complexity index is 269. The van der Waals surface area contributed by atoms with Crippen LogP contribution in [0.2, 0.25) is 0 Å². The fourth-order valence-electron chi connectivity index (χ4n) is 1.95. The second-order valence-corrected chi connectivity index (χ2v) is 5.51. The average Bonchev–Trinajstić information content (AvgIpc) is 3.10. The number of amides is 1. The van der Waals surface area contributed by atoms with Crippen LogP contribution >= 0.6 is 0 Å². The van der Waals surface area contributed by atoms with E-state index in [9.17, 15) is 4.79 Å². The Balaban J connectivity index is 2.29. The van der Waals surface area contributed by atoms with Crippen LogP contribution in [0.4, 0.5) is 0 Å². The van der Waals surface area contributed by atoms with Crippen molar-refractivity contribution < 1.29 is 9.53 Å². The summed E-state index contributed by atoms with van der Waals surface area (Å²) in [5.41, 5.74) is 4.94. The largest absolute Gasteiger partial charge is 0.385 e. The molecule has 1 rings (SSSR count). The van der Waals surface area contributed by atoms with Crippen molar-refractivity contribution in [2.45, 2.75) is 44.2 Å². The fraction of sp³-hybridized carbons (Fsp3) is 0.923. The van der Waals surface area contributed by atoms with Gasteiger partial charge in [-0.25, -0.2) is 0 Å². The van der Waals surface area contributed by atoms with Crippen LogP contribution in [0.3, 0.4) is 0 Å². The van der Waals surface area contributed by atoms with Gasteiger partial charge in [0.25, 0.3) is 0 Å². The van der Waals surface area contributed by atoms with Crippen LogP contribution in [0.25, 0.3) is 0 Å². The lowest BCUT2D eigenvalue weighted by molar-refractivity contribution is -0.124. The number of carbonyl (C=O) groups is 1. The Morgan fingerprint density at radius 1 is 1.50 bits per heavy atom. The third-order valence-corrected chi connectivity index (χ3v) is 3.53. The number of hydrogen-bond acceptors (Lipinski definition) is 4. The molecule has 0 aromatic carbocycles. The number of primary amides is 1. The molecule has 3 N–H and O–H groups in total. The first-order valence-corrected chi connectivity index (χ1v) is 6.73. The first-order valence-electron chi connectivity index (χ1n) is 6.73. The number of rotatable bonds is 10. The number of nitrogens with zero attached hydrogens (tertiary/aromatic N) is 1.